The molecule has 0 saturated heterocycles. The van der Waals surface area contributed by atoms with Gasteiger partial charge < -0.3 is 19.7 Å². The number of nitrogens with zero attached hydrogens (tertiary/aromatic N) is 1. The zero-order chi connectivity index (χ0) is 14.3. The molecule has 1 unspecified atom stereocenters. The van der Waals surface area contributed by atoms with E-state index in [1.165, 1.54) is 5.56 Å². The number of nitrogens with one attached hydrogen (secondary N) is 1. The molecule has 4 heteroatoms. The molecule has 2 heterocycles. The van der Waals surface area contributed by atoms with Crippen molar-refractivity contribution in [1.29, 1.82) is 0 Å². The molecule has 2 aliphatic rings. The molecule has 1 N–H and O–H groups in total. The zero-order valence-corrected chi connectivity index (χ0v) is 11.9. The third kappa shape index (κ3) is 3.97. The highest BCUT2D eigenvalue weighted by Gasteiger charge is 2.17. The normalized spacial score (nSPS) is 20.5. The minimum atomic E-state index is -0.00572. The summed E-state index contributed by atoms with van der Waals surface area (Å²) in [6.07, 6.45) is 10.8. The maximum absolute atomic E-state index is 5.77. The average Bonchev–Trinajstić information content (AvgIpc) is 2.69. The standard InChI is InChI=1S/C17H20N2O2/c1-2-5-15(6-3-1)13-18-10-8-17-19-11-4-7-16(9-12-19)20-14-21-17/h1-7,9,11-12,17-18H,8,10,13-14H2. The van der Waals surface area contributed by atoms with Gasteiger partial charge in [0.05, 0.1) is 0 Å². The Morgan fingerprint density at radius 1 is 1.19 bits per heavy atom. The first kappa shape index (κ1) is 13.9. The van der Waals surface area contributed by atoms with Gasteiger partial charge in [0.1, 0.15) is 12.0 Å². The van der Waals surface area contributed by atoms with E-state index in [1.807, 2.05) is 36.7 Å². The highest BCUT2D eigenvalue weighted by molar-refractivity contribution is 5.22. The highest BCUT2D eigenvalue weighted by atomic mass is 16.7. The number of allylic oxidation sites excluding steroid dienone is 3. The second-order valence-corrected chi connectivity index (χ2v) is 5.01. The van der Waals surface area contributed by atoms with E-state index in [0.29, 0.717) is 0 Å². The summed E-state index contributed by atoms with van der Waals surface area (Å²) in [6.45, 7) is 2.05. The largest absolute Gasteiger partial charge is 0.467 e. The maximum Gasteiger partial charge on any atom is 0.191 e. The van der Waals surface area contributed by atoms with Crippen molar-refractivity contribution in [2.75, 3.05) is 13.3 Å². The Hall–Kier alpha value is -2.04. The Morgan fingerprint density at radius 3 is 3.00 bits per heavy atom. The van der Waals surface area contributed by atoms with Crippen molar-refractivity contribution in [2.45, 2.75) is 19.2 Å². The maximum atomic E-state index is 5.77. The molecular formula is C17H20N2O2. The van der Waals surface area contributed by atoms with Gasteiger partial charge in [-0.05, 0) is 30.3 Å². The van der Waals surface area contributed by atoms with Crippen molar-refractivity contribution in [1.82, 2.24) is 10.2 Å². The van der Waals surface area contributed by atoms with Crippen molar-refractivity contribution >= 4 is 0 Å². The number of hydrogen-bond acceptors (Lipinski definition) is 4. The van der Waals surface area contributed by atoms with Crippen LogP contribution in [0.5, 0.6) is 0 Å². The lowest BCUT2D eigenvalue weighted by molar-refractivity contribution is -0.107. The van der Waals surface area contributed by atoms with Gasteiger partial charge in [0.25, 0.3) is 0 Å². The van der Waals surface area contributed by atoms with E-state index in [2.05, 4.69) is 34.5 Å². The fourth-order valence-corrected chi connectivity index (χ4v) is 2.34. The molecule has 0 aliphatic carbocycles. The van der Waals surface area contributed by atoms with Crippen molar-refractivity contribution in [3.8, 4) is 0 Å². The van der Waals surface area contributed by atoms with E-state index in [9.17, 15) is 0 Å². The molecule has 0 aromatic heterocycles. The van der Waals surface area contributed by atoms with E-state index in [0.717, 1.165) is 25.3 Å². The molecule has 1 aromatic carbocycles. The first-order valence-electron chi connectivity index (χ1n) is 7.25. The lowest BCUT2D eigenvalue weighted by atomic mass is 10.2. The van der Waals surface area contributed by atoms with Crippen molar-refractivity contribution in [3.63, 3.8) is 0 Å². The van der Waals surface area contributed by atoms with Crippen LogP contribution in [-0.2, 0) is 16.0 Å². The Bertz CT molecular complexity index is 537. The number of fused-ring (bicyclic) bond motifs is 2. The van der Waals surface area contributed by atoms with Gasteiger partial charge in [-0.3, -0.25) is 0 Å². The molecule has 0 saturated carbocycles. The SMILES string of the molecule is C1=CN2C=CC(=C1)OCOC2CCNCc1ccccc1. The predicted octanol–water partition coefficient (Wildman–Crippen LogP) is 2.72. The highest BCUT2D eigenvalue weighted by Crippen LogP contribution is 2.17. The third-order valence-electron chi connectivity index (χ3n) is 3.49. The molecule has 21 heavy (non-hydrogen) atoms. The van der Waals surface area contributed by atoms with Crippen LogP contribution in [0.2, 0.25) is 0 Å². The molecular weight excluding hydrogens is 264 g/mol. The van der Waals surface area contributed by atoms with Gasteiger partial charge in [0.15, 0.2) is 6.79 Å². The van der Waals surface area contributed by atoms with Crippen molar-refractivity contribution in [3.05, 3.63) is 72.3 Å². The summed E-state index contributed by atoms with van der Waals surface area (Å²) in [5.41, 5.74) is 1.29. The topological polar surface area (TPSA) is 33.7 Å². The summed E-state index contributed by atoms with van der Waals surface area (Å²) in [5.74, 6) is 0.828. The Kier molecular flexibility index (Phi) is 4.71. The molecule has 2 bridgehead atoms. The first-order chi connectivity index (χ1) is 10.4. The third-order valence-corrected chi connectivity index (χ3v) is 3.49. The summed E-state index contributed by atoms with van der Waals surface area (Å²) in [7, 11) is 0. The van der Waals surface area contributed by atoms with Crippen LogP contribution in [0, 0.1) is 0 Å². The van der Waals surface area contributed by atoms with E-state index in [1.54, 1.807) is 0 Å². The minimum absolute atomic E-state index is 0.00572. The smallest absolute Gasteiger partial charge is 0.191 e. The second-order valence-electron chi connectivity index (χ2n) is 5.01. The Labute approximate surface area is 125 Å². The predicted molar refractivity (Wildman–Crippen MR) is 81.8 cm³/mol. The van der Waals surface area contributed by atoms with Crippen molar-refractivity contribution in [2.24, 2.45) is 0 Å². The average molecular weight is 284 g/mol. The molecule has 110 valence electrons. The Balaban J connectivity index is 1.48. The summed E-state index contributed by atoms with van der Waals surface area (Å²) >= 11 is 0. The van der Waals surface area contributed by atoms with Crippen LogP contribution in [0.1, 0.15) is 12.0 Å². The number of hydrogen-bond donors (Lipinski definition) is 1. The number of ether oxygens (including phenoxy) is 2. The van der Waals surface area contributed by atoms with Gasteiger partial charge in [-0.25, -0.2) is 0 Å². The van der Waals surface area contributed by atoms with E-state index in [4.69, 9.17) is 9.47 Å². The fourth-order valence-electron chi connectivity index (χ4n) is 2.34. The molecule has 0 fully saturated rings. The van der Waals surface area contributed by atoms with Crippen LogP contribution in [0.4, 0.5) is 0 Å². The lowest BCUT2D eigenvalue weighted by Gasteiger charge is -2.28. The molecule has 0 radical (unpaired) electrons. The van der Waals surface area contributed by atoms with Crippen LogP contribution in [-0.4, -0.2) is 24.5 Å². The van der Waals surface area contributed by atoms with Gasteiger partial charge in [0, 0.05) is 25.4 Å². The summed E-state index contributed by atoms with van der Waals surface area (Å²) in [4.78, 5) is 2.08. The molecule has 2 aliphatic heterocycles. The molecule has 0 amide bonds. The van der Waals surface area contributed by atoms with E-state index in [-0.39, 0.29) is 13.0 Å². The molecule has 1 aromatic rings. The van der Waals surface area contributed by atoms with Crippen LogP contribution >= 0.6 is 0 Å². The van der Waals surface area contributed by atoms with Crippen LogP contribution in [0.15, 0.2) is 66.7 Å². The summed E-state index contributed by atoms with van der Waals surface area (Å²) < 4.78 is 11.3. The van der Waals surface area contributed by atoms with Gasteiger partial charge >= 0.3 is 0 Å². The zero-order valence-electron chi connectivity index (χ0n) is 11.9. The minimum Gasteiger partial charge on any atom is -0.467 e. The van der Waals surface area contributed by atoms with Crippen molar-refractivity contribution < 1.29 is 9.47 Å². The van der Waals surface area contributed by atoms with Crippen LogP contribution < -0.4 is 5.32 Å². The molecule has 0 spiro atoms. The summed E-state index contributed by atoms with van der Waals surface area (Å²) in [6, 6.07) is 10.4. The first-order valence-corrected chi connectivity index (χ1v) is 7.25. The molecule has 1 atom stereocenters. The van der Waals surface area contributed by atoms with Gasteiger partial charge in [-0.2, -0.15) is 0 Å². The van der Waals surface area contributed by atoms with Gasteiger partial charge in [-0.15, -0.1) is 0 Å². The number of rotatable bonds is 5. The lowest BCUT2D eigenvalue weighted by Crippen LogP contribution is -2.33. The Morgan fingerprint density at radius 2 is 2.10 bits per heavy atom. The van der Waals surface area contributed by atoms with Gasteiger partial charge in [-0.1, -0.05) is 30.3 Å². The van der Waals surface area contributed by atoms with E-state index >= 15 is 0 Å². The quantitative estimate of drug-likeness (QED) is 0.843. The fraction of sp³-hybridized carbons (Fsp3) is 0.294. The number of benzene rings is 1. The van der Waals surface area contributed by atoms with Crippen LogP contribution in [0.3, 0.4) is 0 Å². The second kappa shape index (κ2) is 7.11. The molecule has 3 rings (SSSR count). The molecule has 4 nitrogen and oxygen atoms in total. The van der Waals surface area contributed by atoms with Gasteiger partial charge in [0.2, 0.25) is 0 Å². The van der Waals surface area contributed by atoms with E-state index < -0.39 is 0 Å². The van der Waals surface area contributed by atoms with Crippen LogP contribution in [0.25, 0.3) is 0 Å². The monoisotopic (exact) mass is 284 g/mol. The summed E-state index contributed by atoms with van der Waals surface area (Å²) in [5, 5.41) is 3.45.